The highest BCUT2D eigenvalue weighted by atomic mass is 32.1. The lowest BCUT2D eigenvalue weighted by Crippen LogP contribution is -2.07. The lowest BCUT2D eigenvalue weighted by Gasteiger charge is -2.17. The molecule has 1 aromatic rings. The van der Waals surface area contributed by atoms with E-state index in [-0.39, 0.29) is 4.75 Å². The van der Waals surface area contributed by atoms with Crippen LogP contribution in [0.4, 0.5) is 0 Å². The molecular formula is C10H11NS. The predicted molar refractivity (Wildman–Crippen MR) is 53.2 cm³/mol. The van der Waals surface area contributed by atoms with Gasteiger partial charge in [-0.25, -0.2) is 0 Å². The van der Waals surface area contributed by atoms with Crippen LogP contribution in [0.3, 0.4) is 0 Å². The van der Waals surface area contributed by atoms with Crippen molar-refractivity contribution in [2.45, 2.75) is 18.6 Å². The highest BCUT2D eigenvalue weighted by Gasteiger charge is 2.14. The number of thiol groups is 1. The molecule has 1 rings (SSSR count). The van der Waals surface area contributed by atoms with Gasteiger partial charge in [0.25, 0.3) is 0 Å². The molecule has 0 bridgehead atoms. The van der Waals surface area contributed by atoms with Gasteiger partial charge in [-0.15, -0.1) is 0 Å². The van der Waals surface area contributed by atoms with E-state index >= 15 is 0 Å². The standard InChI is InChI=1S/C10H11NS/c1-10(2,12)9-5-3-4-8(6-9)7-11/h3-6,12H,1-2H3. The van der Waals surface area contributed by atoms with Gasteiger partial charge in [0.1, 0.15) is 0 Å². The molecule has 62 valence electrons. The number of hydrogen-bond acceptors (Lipinski definition) is 2. The molecule has 0 spiro atoms. The van der Waals surface area contributed by atoms with Crippen LogP contribution in [0.2, 0.25) is 0 Å². The molecule has 0 radical (unpaired) electrons. The van der Waals surface area contributed by atoms with Gasteiger partial charge in [-0.2, -0.15) is 17.9 Å². The Balaban J connectivity index is 3.13. The molecule has 0 fully saturated rings. The molecule has 0 amide bonds. The molecule has 0 aliphatic heterocycles. The van der Waals surface area contributed by atoms with Crippen molar-refractivity contribution in [1.82, 2.24) is 0 Å². The molecule has 0 N–H and O–H groups in total. The van der Waals surface area contributed by atoms with Crippen molar-refractivity contribution < 1.29 is 0 Å². The molecule has 0 saturated carbocycles. The maximum Gasteiger partial charge on any atom is 0.0991 e. The average molecular weight is 177 g/mol. The second-order valence-corrected chi connectivity index (χ2v) is 4.37. The highest BCUT2D eigenvalue weighted by Crippen LogP contribution is 2.27. The van der Waals surface area contributed by atoms with Crippen LogP contribution >= 0.6 is 12.6 Å². The normalized spacial score (nSPS) is 10.8. The minimum absolute atomic E-state index is 0.174. The number of benzene rings is 1. The summed E-state index contributed by atoms with van der Waals surface area (Å²) in [6, 6.07) is 9.63. The molecule has 0 atom stereocenters. The summed E-state index contributed by atoms with van der Waals surface area (Å²) in [5.74, 6) is 0. The fraction of sp³-hybridized carbons (Fsp3) is 0.300. The Labute approximate surface area is 78.4 Å². The van der Waals surface area contributed by atoms with E-state index < -0.39 is 0 Å². The average Bonchev–Trinajstić information content (AvgIpc) is 2.03. The van der Waals surface area contributed by atoms with Gasteiger partial charge >= 0.3 is 0 Å². The lowest BCUT2D eigenvalue weighted by molar-refractivity contribution is 0.791. The van der Waals surface area contributed by atoms with Crippen LogP contribution in [0.1, 0.15) is 25.0 Å². The van der Waals surface area contributed by atoms with Gasteiger partial charge in [-0.1, -0.05) is 12.1 Å². The summed E-state index contributed by atoms with van der Waals surface area (Å²) in [7, 11) is 0. The van der Waals surface area contributed by atoms with Crippen LogP contribution in [-0.2, 0) is 4.75 Å². The van der Waals surface area contributed by atoms with Crippen molar-refractivity contribution in [3.8, 4) is 6.07 Å². The zero-order chi connectivity index (χ0) is 9.19. The van der Waals surface area contributed by atoms with E-state index in [1.807, 2.05) is 32.0 Å². The molecule has 0 saturated heterocycles. The fourth-order valence-corrected chi connectivity index (χ4v) is 1.11. The van der Waals surface area contributed by atoms with Crippen LogP contribution < -0.4 is 0 Å². The molecule has 1 nitrogen and oxygen atoms in total. The molecule has 0 unspecified atom stereocenters. The first-order valence-corrected chi connectivity index (χ1v) is 4.22. The predicted octanol–water partition coefficient (Wildman–Crippen LogP) is 2.72. The van der Waals surface area contributed by atoms with E-state index in [0.717, 1.165) is 5.56 Å². The van der Waals surface area contributed by atoms with Gasteiger partial charge in [-0.3, -0.25) is 0 Å². The third kappa shape index (κ3) is 2.02. The first-order chi connectivity index (χ1) is 5.54. The summed E-state index contributed by atoms with van der Waals surface area (Å²) in [6.45, 7) is 4.01. The van der Waals surface area contributed by atoms with Crippen LogP contribution in [0.5, 0.6) is 0 Å². The van der Waals surface area contributed by atoms with Crippen LogP contribution in [0.25, 0.3) is 0 Å². The Morgan fingerprint density at radius 1 is 1.42 bits per heavy atom. The second kappa shape index (κ2) is 3.20. The third-order valence-corrected chi connectivity index (χ3v) is 1.96. The fourth-order valence-electron chi connectivity index (χ4n) is 0.969. The van der Waals surface area contributed by atoms with Crippen molar-refractivity contribution >= 4 is 12.6 Å². The Hall–Kier alpha value is -0.940. The van der Waals surface area contributed by atoms with Crippen molar-refractivity contribution in [3.05, 3.63) is 35.4 Å². The molecule has 0 heterocycles. The number of nitriles is 1. The Kier molecular flexibility index (Phi) is 2.44. The summed E-state index contributed by atoms with van der Waals surface area (Å²) in [5.41, 5.74) is 1.76. The summed E-state index contributed by atoms with van der Waals surface area (Å²) in [6.07, 6.45) is 0. The topological polar surface area (TPSA) is 23.8 Å². The third-order valence-electron chi connectivity index (χ3n) is 1.70. The van der Waals surface area contributed by atoms with Gasteiger partial charge in [0.2, 0.25) is 0 Å². The van der Waals surface area contributed by atoms with Crippen molar-refractivity contribution in [2.75, 3.05) is 0 Å². The van der Waals surface area contributed by atoms with E-state index in [0.29, 0.717) is 5.56 Å². The largest absolute Gasteiger partial charge is 0.192 e. The summed E-state index contributed by atoms with van der Waals surface area (Å²) in [5, 5.41) is 8.65. The Morgan fingerprint density at radius 3 is 2.58 bits per heavy atom. The molecule has 2 heteroatoms. The Bertz CT molecular complexity index is 317. The van der Waals surface area contributed by atoms with Gasteiger partial charge in [0.15, 0.2) is 0 Å². The van der Waals surface area contributed by atoms with Gasteiger partial charge in [-0.05, 0) is 31.5 Å². The van der Waals surface area contributed by atoms with E-state index in [1.54, 1.807) is 6.07 Å². The first kappa shape index (κ1) is 9.15. The molecule has 0 aromatic heterocycles. The van der Waals surface area contributed by atoms with Crippen LogP contribution in [0, 0.1) is 11.3 Å². The van der Waals surface area contributed by atoms with Gasteiger partial charge < -0.3 is 0 Å². The molecule has 1 aromatic carbocycles. The van der Waals surface area contributed by atoms with Crippen molar-refractivity contribution in [3.63, 3.8) is 0 Å². The van der Waals surface area contributed by atoms with Crippen LogP contribution in [0.15, 0.2) is 24.3 Å². The second-order valence-electron chi connectivity index (χ2n) is 3.25. The summed E-state index contributed by atoms with van der Waals surface area (Å²) < 4.78 is -0.174. The number of hydrogen-bond donors (Lipinski definition) is 1. The minimum Gasteiger partial charge on any atom is -0.192 e. The van der Waals surface area contributed by atoms with E-state index in [9.17, 15) is 0 Å². The molecule has 0 aliphatic carbocycles. The number of rotatable bonds is 1. The smallest absolute Gasteiger partial charge is 0.0991 e. The van der Waals surface area contributed by atoms with Crippen LogP contribution in [-0.4, -0.2) is 0 Å². The SMILES string of the molecule is CC(C)(S)c1cccc(C#N)c1. The maximum absolute atomic E-state index is 8.65. The summed E-state index contributed by atoms with van der Waals surface area (Å²) >= 11 is 4.42. The van der Waals surface area contributed by atoms with E-state index in [1.165, 1.54) is 0 Å². The first-order valence-electron chi connectivity index (χ1n) is 3.77. The van der Waals surface area contributed by atoms with Gasteiger partial charge in [0, 0.05) is 4.75 Å². The number of nitrogens with zero attached hydrogens (tertiary/aromatic N) is 1. The lowest BCUT2D eigenvalue weighted by atomic mass is 10.0. The zero-order valence-electron chi connectivity index (χ0n) is 7.20. The monoisotopic (exact) mass is 177 g/mol. The highest BCUT2D eigenvalue weighted by molar-refractivity contribution is 7.81. The minimum atomic E-state index is -0.174. The Morgan fingerprint density at radius 2 is 2.08 bits per heavy atom. The van der Waals surface area contributed by atoms with Crippen molar-refractivity contribution in [2.24, 2.45) is 0 Å². The van der Waals surface area contributed by atoms with Gasteiger partial charge in [0.05, 0.1) is 11.6 Å². The molecule has 0 aliphatic rings. The summed E-state index contributed by atoms with van der Waals surface area (Å²) in [4.78, 5) is 0. The van der Waals surface area contributed by atoms with E-state index in [2.05, 4.69) is 18.7 Å². The van der Waals surface area contributed by atoms with Crippen molar-refractivity contribution in [1.29, 1.82) is 5.26 Å². The quantitative estimate of drug-likeness (QED) is 0.655. The molecule has 12 heavy (non-hydrogen) atoms. The molecular weight excluding hydrogens is 166 g/mol. The van der Waals surface area contributed by atoms with E-state index in [4.69, 9.17) is 5.26 Å². The zero-order valence-corrected chi connectivity index (χ0v) is 8.10. The maximum atomic E-state index is 8.65.